The van der Waals surface area contributed by atoms with Crippen LogP contribution in [-0.2, 0) is 4.79 Å². The number of carbonyl (C=O) groups is 1. The van der Waals surface area contributed by atoms with E-state index in [1.54, 1.807) is 0 Å². The van der Waals surface area contributed by atoms with Gasteiger partial charge in [0.15, 0.2) is 0 Å². The van der Waals surface area contributed by atoms with E-state index in [0.29, 0.717) is 12.3 Å². The van der Waals surface area contributed by atoms with Crippen LogP contribution in [0.4, 0.5) is 0 Å². The molecule has 1 unspecified atom stereocenters. The Morgan fingerprint density at radius 2 is 1.94 bits per heavy atom. The molecule has 1 atom stereocenters. The Kier molecular flexibility index (Phi) is 4.76. The molecule has 98 valence electrons. The third-order valence-electron chi connectivity index (χ3n) is 3.67. The number of nitrogens with one attached hydrogen (secondary N) is 1. The van der Waals surface area contributed by atoms with Gasteiger partial charge < -0.3 is 10.4 Å². The molecule has 1 saturated carbocycles. The Morgan fingerprint density at radius 1 is 1.28 bits per heavy atom. The minimum atomic E-state index is -0.278. The van der Waals surface area contributed by atoms with Crippen molar-refractivity contribution in [2.75, 3.05) is 6.61 Å². The van der Waals surface area contributed by atoms with Gasteiger partial charge >= 0.3 is 0 Å². The lowest BCUT2D eigenvalue weighted by Gasteiger charge is -2.18. The normalized spacial score (nSPS) is 17.6. The standard InChI is InChI=1S/C15H21NO2/c17-11-14(13-8-2-1-3-9-13)16-15(18)10-12-6-4-5-7-12/h1-3,8-9,12,14,17H,4-7,10-11H2,(H,16,18). The molecule has 0 saturated heterocycles. The van der Waals surface area contributed by atoms with E-state index in [1.165, 1.54) is 25.7 Å². The SMILES string of the molecule is O=C(CC1CCCC1)NC(CO)c1ccccc1. The number of aliphatic hydroxyl groups is 1. The summed E-state index contributed by atoms with van der Waals surface area (Å²) in [4.78, 5) is 11.9. The smallest absolute Gasteiger partial charge is 0.220 e. The van der Waals surface area contributed by atoms with E-state index >= 15 is 0 Å². The molecule has 1 aliphatic rings. The van der Waals surface area contributed by atoms with E-state index in [2.05, 4.69) is 5.32 Å². The zero-order valence-electron chi connectivity index (χ0n) is 10.6. The van der Waals surface area contributed by atoms with Crippen molar-refractivity contribution >= 4 is 5.91 Å². The maximum absolute atomic E-state index is 11.9. The van der Waals surface area contributed by atoms with Crippen LogP contribution in [0.2, 0.25) is 0 Å². The maximum atomic E-state index is 11.9. The summed E-state index contributed by atoms with van der Waals surface area (Å²) in [6.45, 7) is -0.0551. The molecule has 1 aliphatic carbocycles. The monoisotopic (exact) mass is 247 g/mol. The molecule has 0 aromatic heterocycles. The van der Waals surface area contributed by atoms with Crippen LogP contribution in [0.15, 0.2) is 30.3 Å². The van der Waals surface area contributed by atoms with E-state index < -0.39 is 0 Å². The molecule has 0 heterocycles. The first-order valence-electron chi connectivity index (χ1n) is 6.74. The van der Waals surface area contributed by atoms with Crippen LogP contribution in [-0.4, -0.2) is 17.6 Å². The minimum Gasteiger partial charge on any atom is -0.394 e. The molecular weight excluding hydrogens is 226 g/mol. The van der Waals surface area contributed by atoms with Gasteiger partial charge in [0, 0.05) is 6.42 Å². The summed E-state index contributed by atoms with van der Waals surface area (Å²) in [5.41, 5.74) is 0.958. The zero-order chi connectivity index (χ0) is 12.8. The fourth-order valence-electron chi connectivity index (χ4n) is 2.65. The molecule has 1 aromatic rings. The fraction of sp³-hybridized carbons (Fsp3) is 0.533. The number of rotatable bonds is 5. The highest BCUT2D eigenvalue weighted by atomic mass is 16.3. The average molecular weight is 247 g/mol. The number of amides is 1. The van der Waals surface area contributed by atoms with Crippen LogP contribution in [0, 0.1) is 5.92 Å². The predicted octanol–water partition coefficient (Wildman–Crippen LogP) is 2.42. The average Bonchev–Trinajstić information content (AvgIpc) is 2.90. The van der Waals surface area contributed by atoms with Crippen molar-refractivity contribution in [1.82, 2.24) is 5.32 Å². The Labute approximate surface area is 108 Å². The predicted molar refractivity (Wildman–Crippen MR) is 71.0 cm³/mol. The van der Waals surface area contributed by atoms with Crippen LogP contribution in [0.25, 0.3) is 0 Å². The third kappa shape index (κ3) is 3.57. The maximum Gasteiger partial charge on any atom is 0.220 e. The Bertz CT molecular complexity index is 371. The summed E-state index contributed by atoms with van der Waals surface area (Å²) >= 11 is 0. The van der Waals surface area contributed by atoms with Gasteiger partial charge in [0.1, 0.15) is 0 Å². The van der Waals surface area contributed by atoms with E-state index in [-0.39, 0.29) is 18.6 Å². The lowest BCUT2D eigenvalue weighted by molar-refractivity contribution is -0.123. The van der Waals surface area contributed by atoms with Gasteiger partial charge in [-0.25, -0.2) is 0 Å². The first-order chi connectivity index (χ1) is 8.79. The molecule has 0 radical (unpaired) electrons. The number of hydrogen-bond acceptors (Lipinski definition) is 2. The van der Waals surface area contributed by atoms with Gasteiger partial charge in [0.05, 0.1) is 12.6 Å². The van der Waals surface area contributed by atoms with Crippen molar-refractivity contribution in [1.29, 1.82) is 0 Å². The van der Waals surface area contributed by atoms with Gasteiger partial charge in [0.2, 0.25) is 5.91 Å². The van der Waals surface area contributed by atoms with Crippen LogP contribution in [0.5, 0.6) is 0 Å². The van der Waals surface area contributed by atoms with E-state index in [4.69, 9.17) is 0 Å². The van der Waals surface area contributed by atoms with Crippen molar-refractivity contribution in [3.63, 3.8) is 0 Å². The summed E-state index contributed by atoms with van der Waals surface area (Å²) in [5, 5.41) is 12.3. The van der Waals surface area contributed by atoms with Gasteiger partial charge in [-0.05, 0) is 24.3 Å². The summed E-state index contributed by atoms with van der Waals surface area (Å²) in [5.74, 6) is 0.602. The molecule has 3 nitrogen and oxygen atoms in total. The number of benzene rings is 1. The second kappa shape index (κ2) is 6.55. The second-order valence-corrected chi connectivity index (χ2v) is 5.07. The molecule has 1 amide bonds. The largest absolute Gasteiger partial charge is 0.394 e. The fourth-order valence-corrected chi connectivity index (χ4v) is 2.65. The first-order valence-corrected chi connectivity index (χ1v) is 6.74. The minimum absolute atomic E-state index is 0.0551. The van der Waals surface area contributed by atoms with Gasteiger partial charge in [-0.1, -0.05) is 43.2 Å². The van der Waals surface area contributed by atoms with Crippen molar-refractivity contribution in [3.05, 3.63) is 35.9 Å². The zero-order valence-corrected chi connectivity index (χ0v) is 10.6. The van der Waals surface area contributed by atoms with Crippen molar-refractivity contribution in [2.45, 2.75) is 38.1 Å². The molecular formula is C15H21NO2. The van der Waals surface area contributed by atoms with Crippen LogP contribution in [0.3, 0.4) is 0 Å². The molecule has 2 N–H and O–H groups in total. The van der Waals surface area contributed by atoms with Gasteiger partial charge in [-0.3, -0.25) is 4.79 Å². The third-order valence-corrected chi connectivity index (χ3v) is 3.67. The number of aliphatic hydroxyl groups excluding tert-OH is 1. The van der Waals surface area contributed by atoms with E-state index in [0.717, 1.165) is 5.56 Å². The second-order valence-electron chi connectivity index (χ2n) is 5.07. The molecule has 18 heavy (non-hydrogen) atoms. The van der Waals surface area contributed by atoms with Crippen molar-refractivity contribution < 1.29 is 9.90 Å². The molecule has 2 rings (SSSR count). The Morgan fingerprint density at radius 3 is 2.56 bits per heavy atom. The lowest BCUT2D eigenvalue weighted by Crippen LogP contribution is -2.31. The highest BCUT2D eigenvalue weighted by Gasteiger charge is 2.20. The highest BCUT2D eigenvalue weighted by Crippen LogP contribution is 2.27. The lowest BCUT2D eigenvalue weighted by atomic mass is 10.0. The molecule has 3 heteroatoms. The van der Waals surface area contributed by atoms with E-state index in [9.17, 15) is 9.90 Å². The van der Waals surface area contributed by atoms with E-state index in [1.807, 2.05) is 30.3 Å². The van der Waals surface area contributed by atoms with Gasteiger partial charge in [-0.15, -0.1) is 0 Å². The van der Waals surface area contributed by atoms with Gasteiger partial charge in [-0.2, -0.15) is 0 Å². The Balaban J connectivity index is 1.87. The number of hydrogen-bond donors (Lipinski definition) is 2. The summed E-state index contributed by atoms with van der Waals surface area (Å²) in [7, 11) is 0. The molecule has 0 bridgehead atoms. The van der Waals surface area contributed by atoms with Gasteiger partial charge in [0.25, 0.3) is 0 Å². The first kappa shape index (κ1) is 13.1. The summed E-state index contributed by atoms with van der Waals surface area (Å²) < 4.78 is 0. The Hall–Kier alpha value is -1.35. The highest BCUT2D eigenvalue weighted by molar-refractivity contribution is 5.76. The van der Waals surface area contributed by atoms with Crippen LogP contribution in [0.1, 0.15) is 43.7 Å². The molecule has 1 aromatic carbocycles. The van der Waals surface area contributed by atoms with Crippen molar-refractivity contribution in [3.8, 4) is 0 Å². The van der Waals surface area contributed by atoms with Crippen LogP contribution < -0.4 is 5.32 Å². The molecule has 0 spiro atoms. The van der Waals surface area contributed by atoms with Crippen LogP contribution >= 0.6 is 0 Å². The topological polar surface area (TPSA) is 49.3 Å². The number of carbonyl (C=O) groups excluding carboxylic acids is 1. The van der Waals surface area contributed by atoms with Crippen molar-refractivity contribution in [2.24, 2.45) is 5.92 Å². The summed E-state index contributed by atoms with van der Waals surface area (Å²) in [6, 6.07) is 9.34. The molecule has 1 fully saturated rings. The molecule has 0 aliphatic heterocycles. The summed E-state index contributed by atoms with van der Waals surface area (Å²) in [6.07, 6.45) is 5.44. The quantitative estimate of drug-likeness (QED) is 0.839.